The summed E-state index contributed by atoms with van der Waals surface area (Å²) in [6.45, 7) is 8.75. The smallest absolute Gasteiger partial charge is 0.345 e. The topological polar surface area (TPSA) is 130 Å². The van der Waals surface area contributed by atoms with Gasteiger partial charge in [0.1, 0.15) is 41.5 Å². The van der Waals surface area contributed by atoms with Crippen molar-refractivity contribution in [2.75, 3.05) is 6.61 Å². The van der Waals surface area contributed by atoms with Crippen molar-refractivity contribution in [3.8, 4) is 0 Å². The molecule has 10 nitrogen and oxygen atoms in total. The molecule has 1 aromatic rings. The molecule has 184 valence electrons. The summed E-state index contributed by atoms with van der Waals surface area (Å²) in [7, 11) is 0. The van der Waals surface area contributed by atoms with E-state index in [0.29, 0.717) is 24.5 Å². The van der Waals surface area contributed by atoms with Gasteiger partial charge in [-0.1, -0.05) is 0 Å². The lowest BCUT2D eigenvalue weighted by molar-refractivity contribution is -0.169. The predicted molar refractivity (Wildman–Crippen MR) is 110 cm³/mol. The maximum Gasteiger partial charge on any atom is 0.345 e. The van der Waals surface area contributed by atoms with E-state index in [1.807, 2.05) is 26.8 Å². The lowest BCUT2D eigenvalue weighted by Gasteiger charge is -2.32. The normalized spacial score (nSPS) is 46.0. The first-order chi connectivity index (χ1) is 16.0. The number of carbonyl (C=O) groups is 3. The van der Waals surface area contributed by atoms with Crippen LogP contribution in [-0.4, -0.2) is 59.6 Å². The van der Waals surface area contributed by atoms with Gasteiger partial charge >= 0.3 is 17.9 Å². The lowest BCUT2D eigenvalue weighted by Crippen LogP contribution is -2.44. The Bertz CT molecular complexity index is 1090. The Hall–Kier alpha value is -2.43. The van der Waals surface area contributed by atoms with Crippen molar-refractivity contribution in [3.63, 3.8) is 0 Å². The van der Waals surface area contributed by atoms with Crippen LogP contribution in [-0.2, 0) is 42.8 Å². The SMILES string of the molecule is CC(=O)O[C@H]1c2oc(cc2C)[C@@H]2O[C@@]2(C)C[C@H]2OC(=O)[C@@]3(O[C@H]23)[C@H](OC(C)=O)C[C@@H]1[C@@]1(C)CO1. The monoisotopic (exact) mass is 476 g/mol. The maximum atomic E-state index is 13.1. The molecule has 0 radical (unpaired) electrons. The summed E-state index contributed by atoms with van der Waals surface area (Å²) < 4.78 is 41.2. The highest BCUT2D eigenvalue weighted by Gasteiger charge is 2.79. The molecule has 10 heteroatoms. The fourth-order valence-electron chi connectivity index (χ4n) is 5.86. The number of hydrogen-bond acceptors (Lipinski definition) is 10. The number of furan rings is 1. The minimum absolute atomic E-state index is 0.152. The molecule has 0 amide bonds. The number of carbonyl (C=O) groups excluding carboxylic acids is 3. The quantitative estimate of drug-likeness (QED) is 0.364. The van der Waals surface area contributed by atoms with E-state index in [2.05, 4.69) is 0 Å². The third kappa shape index (κ3) is 3.15. The van der Waals surface area contributed by atoms with Gasteiger partial charge in [-0.25, -0.2) is 4.79 Å². The van der Waals surface area contributed by atoms with Crippen molar-refractivity contribution in [2.24, 2.45) is 5.92 Å². The summed E-state index contributed by atoms with van der Waals surface area (Å²) in [6.07, 6.45) is -2.64. The van der Waals surface area contributed by atoms with Gasteiger partial charge in [0.05, 0.1) is 12.2 Å². The highest BCUT2D eigenvalue weighted by Crippen LogP contribution is 2.60. The molecule has 0 aliphatic carbocycles. The Kier molecular flexibility index (Phi) is 4.43. The Morgan fingerprint density at radius 3 is 2.41 bits per heavy atom. The van der Waals surface area contributed by atoms with Crippen molar-refractivity contribution in [3.05, 3.63) is 23.2 Å². The van der Waals surface area contributed by atoms with Crippen molar-refractivity contribution < 1.29 is 47.2 Å². The second-order valence-electron chi connectivity index (χ2n) is 10.6. The molecule has 4 fully saturated rings. The van der Waals surface area contributed by atoms with Crippen LogP contribution < -0.4 is 0 Å². The number of hydrogen-bond donors (Lipinski definition) is 0. The van der Waals surface area contributed by atoms with E-state index >= 15 is 0 Å². The summed E-state index contributed by atoms with van der Waals surface area (Å²) in [4.78, 5) is 37.4. The Morgan fingerprint density at radius 2 is 1.79 bits per heavy atom. The average Bonchev–Trinajstić information content (AvgIpc) is 3.67. The van der Waals surface area contributed by atoms with Crippen LogP contribution in [0, 0.1) is 12.8 Å². The summed E-state index contributed by atoms with van der Waals surface area (Å²) in [5.41, 5.74) is -1.87. The molecular weight excluding hydrogens is 448 g/mol. The number of rotatable bonds is 3. The Labute approximate surface area is 196 Å². The average molecular weight is 476 g/mol. The molecular formula is C24H28O10. The number of ether oxygens (including phenoxy) is 6. The fourth-order valence-corrected chi connectivity index (χ4v) is 5.86. The minimum Gasteiger partial charge on any atom is -0.459 e. The van der Waals surface area contributed by atoms with E-state index in [-0.39, 0.29) is 12.5 Å². The standard InChI is InChI=1S/C24H28O10/c1-10-6-14-19-22(4,33-19)8-15-20-24(34-20,21(27)32-15)16(29-11(2)25)7-13(23(5)9-28-23)18(17(10)31-14)30-12(3)26/h6,13,15-16,18-20H,7-9H2,1-5H3/t13-,15+,16+,18+,19-,20+,22-,23+,24+/m0/s1. The van der Waals surface area contributed by atoms with Crippen LogP contribution in [0.5, 0.6) is 0 Å². The van der Waals surface area contributed by atoms with Gasteiger partial charge in [0.15, 0.2) is 6.10 Å². The third-order valence-corrected chi connectivity index (χ3v) is 7.88. The summed E-state index contributed by atoms with van der Waals surface area (Å²) >= 11 is 0. The van der Waals surface area contributed by atoms with Gasteiger partial charge < -0.3 is 32.8 Å². The van der Waals surface area contributed by atoms with E-state index in [4.69, 9.17) is 32.8 Å². The number of esters is 3. The van der Waals surface area contributed by atoms with Crippen molar-refractivity contribution in [1.29, 1.82) is 0 Å². The maximum absolute atomic E-state index is 13.1. The lowest BCUT2D eigenvalue weighted by atomic mass is 9.79. The van der Waals surface area contributed by atoms with Gasteiger partial charge in [0.25, 0.3) is 0 Å². The fraction of sp³-hybridized carbons (Fsp3) is 0.708. The molecule has 5 aliphatic rings. The van der Waals surface area contributed by atoms with Crippen molar-refractivity contribution >= 4 is 17.9 Å². The van der Waals surface area contributed by atoms with Gasteiger partial charge in [-0.15, -0.1) is 0 Å². The summed E-state index contributed by atoms with van der Waals surface area (Å²) in [5, 5.41) is 0. The van der Waals surface area contributed by atoms with Gasteiger partial charge in [-0.2, -0.15) is 0 Å². The second-order valence-corrected chi connectivity index (χ2v) is 10.6. The number of aryl methyl sites for hydroxylation is 1. The predicted octanol–water partition coefficient (Wildman–Crippen LogP) is 2.22. The van der Waals surface area contributed by atoms with Crippen LogP contribution in [0.1, 0.15) is 69.8 Å². The van der Waals surface area contributed by atoms with Crippen molar-refractivity contribution in [1.82, 2.24) is 0 Å². The van der Waals surface area contributed by atoms with Crippen LogP contribution in [0.25, 0.3) is 0 Å². The second kappa shape index (κ2) is 6.83. The van der Waals surface area contributed by atoms with Crippen molar-refractivity contribution in [2.45, 2.75) is 94.8 Å². The molecule has 0 saturated carbocycles. The van der Waals surface area contributed by atoms with Gasteiger partial charge in [-0.05, 0) is 38.8 Å². The molecule has 5 aliphatic heterocycles. The van der Waals surface area contributed by atoms with E-state index in [1.165, 1.54) is 13.8 Å². The van der Waals surface area contributed by atoms with E-state index < -0.39 is 65.0 Å². The van der Waals surface area contributed by atoms with Gasteiger partial charge in [-0.3, -0.25) is 9.59 Å². The summed E-state index contributed by atoms with van der Waals surface area (Å²) in [6, 6.07) is 1.89. The first kappa shape index (κ1) is 22.1. The molecule has 34 heavy (non-hydrogen) atoms. The van der Waals surface area contributed by atoms with Crippen LogP contribution >= 0.6 is 0 Å². The number of fused-ring (bicyclic) bond motifs is 4. The molecule has 0 aromatic carbocycles. The van der Waals surface area contributed by atoms with Crippen LogP contribution in [0.4, 0.5) is 0 Å². The molecule has 4 saturated heterocycles. The highest BCUT2D eigenvalue weighted by molar-refractivity contribution is 5.88. The van der Waals surface area contributed by atoms with E-state index in [9.17, 15) is 14.4 Å². The van der Waals surface area contributed by atoms with Gasteiger partial charge in [0.2, 0.25) is 5.60 Å². The molecule has 1 aromatic heterocycles. The van der Waals surface area contributed by atoms with Crippen LogP contribution in [0.3, 0.4) is 0 Å². The molecule has 0 unspecified atom stereocenters. The third-order valence-electron chi connectivity index (χ3n) is 7.88. The zero-order chi connectivity index (χ0) is 24.2. The molecule has 4 bridgehead atoms. The zero-order valence-electron chi connectivity index (χ0n) is 19.7. The largest absolute Gasteiger partial charge is 0.459 e. The van der Waals surface area contributed by atoms with Crippen LogP contribution in [0.15, 0.2) is 10.5 Å². The zero-order valence-corrected chi connectivity index (χ0v) is 19.7. The molecule has 9 atom stereocenters. The first-order valence-electron chi connectivity index (χ1n) is 11.6. The van der Waals surface area contributed by atoms with Gasteiger partial charge in [0, 0.05) is 26.2 Å². The summed E-state index contributed by atoms with van der Waals surface area (Å²) in [5.74, 6) is -0.966. The molecule has 6 rings (SSSR count). The Morgan fingerprint density at radius 1 is 1.09 bits per heavy atom. The Balaban J connectivity index is 1.48. The van der Waals surface area contributed by atoms with Crippen LogP contribution in [0.2, 0.25) is 0 Å². The van der Waals surface area contributed by atoms with E-state index in [0.717, 1.165) is 5.56 Å². The minimum atomic E-state index is -1.39. The first-order valence-corrected chi connectivity index (χ1v) is 11.6. The molecule has 0 spiro atoms. The molecule has 0 N–H and O–H groups in total. The number of epoxide rings is 3. The highest BCUT2D eigenvalue weighted by atomic mass is 16.7. The van der Waals surface area contributed by atoms with E-state index in [1.54, 1.807) is 0 Å². The molecule has 6 heterocycles.